The summed E-state index contributed by atoms with van der Waals surface area (Å²) < 4.78 is 6.11. The minimum Gasteiger partial charge on any atom is -0.488 e. The third-order valence-corrected chi connectivity index (χ3v) is 4.20. The van der Waals surface area contributed by atoms with Crippen LogP contribution in [-0.2, 0) is 6.61 Å². The lowest BCUT2D eigenvalue weighted by molar-refractivity contribution is 0.305. The van der Waals surface area contributed by atoms with Gasteiger partial charge in [-0.25, -0.2) is 0 Å². The summed E-state index contributed by atoms with van der Waals surface area (Å²) in [6.07, 6.45) is 5.80. The van der Waals surface area contributed by atoms with Crippen LogP contribution in [0.3, 0.4) is 0 Å². The van der Waals surface area contributed by atoms with Crippen LogP contribution in [0.15, 0.2) is 91.5 Å². The molecule has 3 aromatic carbocycles. The number of allylic oxidation sites excluding steroid dienone is 2. The lowest BCUT2D eigenvalue weighted by Crippen LogP contribution is -1.99. The van der Waals surface area contributed by atoms with Crippen molar-refractivity contribution >= 4 is 6.08 Å². The maximum absolute atomic E-state index is 6.11. The summed E-state index contributed by atoms with van der Waals surface area (Å²) in [7, 11) is 0. The summed E-state index contributed by atoms with van der Waals surface area (Å²) in [5.74, 6) is 0.888. The van der Waals surface area contributed by atoms with Crippen LogP contribution in [-0.4, -0.2) is 0 Å². The van der Waals surface area contributed by atoms with Crippen LogP contribution >= 0.6 is 0 Å². The third-order valence-electron chi connectivity index (χ3n) is 4.20. The molecular formula is C24H22O. The maximum atomic E-state index is 6.11. The molecule has 0 spiro atoms. The summed E-state index contributed by atoms with van der Waals surface area (Å²) in [4.78, 5) is 0. The molecule has 1 nitrogen and oxygen atoms in total. The molecule has 0 fully saturated rings. The van der Waals surface area contributed by atoms with Gasteiger partial charge in [0.15, 0.2) is 0 Å². The van der Waals surface area contributed by atoms with Crippen molar-refractivity contribution in [1.29, 1.82) is 0 Å². The van der Waals surface area contributed by atoms with Gasteiger partial charge in [-0.05, 0) is 35.2 Å². The Morgan fingerprint density at radius 1 is 0.880 bits per heavy atom. The second-order valence-electron chi connectivity index (χ2n) is 5.89. The third kappa shape index (κ3) is 4.07. The van der Waals surface area contributed by atoms with Crippen molar-refractivity contribution < 1.29 is 4.74 Å². The Labute approximate surface area is 149 Å². The fourth-order valence-corrected chi connectivity index (χ4v) is 2.87. The fraction of sp³-hybridized carbons (Fsp3) is 0.0833. The predicted octanol–water partition coefficient (Wildman–Crippen LogP) is 6.44. The Bertz CT molecular complexity index is 861. The van der Waals surface area contributed by atoms with Gasteiger partial charge >= 0.3 is 0 Å². The molecule has 0 heterocycles. The van der Waals surface area contributed by atoms with E-state index < -0.39 is 0 Å². The zero-order valence-electron chi connectivity index (χ0n) is 14.5. The molecule has 1 heteroatoms. The molecule has 124 valence electrons. The second kappa shape index (κ2) is 8.16. The fourth-order valence-electron chi connectivity index (χ4n) is 2.87. The van der Waals surface area contributed by atoms with Gasteiger partial charge in [0.2, 0.25) is 0 Å². The molecule has 0 atom stereocenters. The lowest BCUT2D eigenvalue weighted by atomic mass is 9.95. The van der Waals surface area contributed by atoms with Crippen LogP contribution in [0.1, 0.15) is 16.7 Å². The highest BCUT2D eigenvalue weighted by Crippen LogP contribution is 2.33. The summed E-state index contributed by atoms with van der Waals surface area (Å²) in [5, 5.41) is 0. The van der Waals surface area contributed by atoms with Gasteiger partial charge in [-0.3, -0.25) is 0 Å². The van der Waals surface area contributed by atoms with Gasteiger partial charge in [0, 0.05) is 5.56 Å². The molecule has 0 saturated heterocycles. The van der Waals surface area contributed by atoms with Crippen molar-refractivity contribution in [3.8, 4) is 16.9 Å². The minimum absolute atomic E-state index is 0.555. The predicted molar refractivity (Wildman–Crippen MR) is 107 cm³/mol. The first-order valence-corrected chi connectivity index (χ1v) is 8.44. The quantitative estimate of drug-likeness (QED) is 0.474. The SMILES string of the molecule is C=C/C=C\c1c(OCc2ccccc2)ccc(-c2ccccc2)c1C. The zero-order chi connectivity index (χ0) is 17.5. The standard InChI is InChI=1S/C24H22O/c1-3-4-15-23-19(2)22(21-13-9-6-10-14-21)16-17-24(23)25-18-20-11-7-5-8-12-20/h3-17H,1,18H2,2H3/b15-4-. The second-order valence-corrected chi connectivity index (χ2v) is 5.89. The van der Waals surface area contributed by atoms with Crippen molar-refractivity contribution in [2.24, 2.45) is 0 Å². The van der Waals surface area contributed by atoms with Gasteiger partial charge in [0.05, 0.1) is 0 Å². The molecule has 0 amide bonds. The Kier molecular flexibility index (Phi) is 5.48. The first kappa shape index (κ1) is 16.8. The van der Waals surface area contributed by atoms with Crippen LogP contribution < -0.4 is 4.74 Å². The summed E-state index contributed by atoms with van der Waals surface area (Å²) in [5.41, 5.74) is 5.89. The van der Waals surface area contributed by atoms with Gasteiger partial charge in [-0.2, -0.15) is 0 Å². The number of ether oxygens (including phenoxy) is 1. The van der Waals surface area contributed by atoms with E-state index in [0.29, 0.717) is 6.61 Å². The van der Waals surface area contributed by atoms with E-state index in [2.05, 4.69) is 68.1 Å². The van der Waals surface area contributed by atoms with Gasteiger partial charge in [0.25, 0.3) is 0 Å². The van der Waals surface area contributed by atoms with Gasteiger partial charge in [-0.1, -0.05) is 91.5 Å². The molecule has 0 aliphatic rings. The number of hydrogen-bond donors (Lipinski definition) is 0. The highest BCUT2D eigenvalue weighted by atomic mass is 16.5. The van der Waals surface area contributed by atoms with Crippen molar-refractivity contribution in [3.05, 3.63) is 108 Å². The molecule has 0 radical (unpaired) electrons. The average molecular weight is 326 g/mol. The van der Waals surface area contributed by atoms with Crippen LogP contribution in [0.25, 0.3) is 17.2 Å². The molecule has 3 aromatic rings. The highest BCUT2D eigenvalue weighted by Gasteiger charge is 2.10. The van der Waals surface area contributed by atoms with E-state index in [-0.39, 0.29) is 0 Å². The normalized spacial score (nSPS) is 10.8. The maximum Gasteiger partial charge on any atom is 0.127 e. The van der Waals surface area contributed by atoms with Crippen molar-refractivity contribution in [1.82, 2.24) is 0 Å². The molecule has 0 aliphatic carbocycles. The summed E-state index contributed by atoms with van der Waals surface area (Å²) >= 11 is 0. The van der Waals surface area contributed by atoms with Crippen LogP contribution in [0, 0.1) is 6.92 Å². The lowest BCUT2D eigenvalue weighted by Gasteiger charge is -2.15. The van der Waals surface area contributed by atoms with Crippen molar-refractivity contribution in [2.75, 3.05) is 0 Å². The van der Waals surface area contributed by atoms with E-state index >= 15 is 0 Å². The van der Waals surface area contributed by atoms with E-state index in [4.69, 9.17) is 4.74 Å². The Morgan fingerprint density at radius 2 is 1.56 bits per heavy atom. The van der Waals surface area contributed by atoms with Gasteiger partial charge in [-0.15, -0.1) is 0 Å². The minimum atomic E-state index is 0.555. The Balaban J connectivity index is 1.96. The molecule has 0 N–H and O–H groups in total. The van der Waals surface area contributed by atoms with E-state index in [9.17, 15) is 0 Å². The van der Waals surface area contributed by atoms with E-state index in [1.54, 1.807) is 6.08 Å². The van der Waals surface area contributed by atoms with Crippen LogP contribution in [0.4, 0.5) is 0 Å². The average Bonchev–Trinajstić information content (AvgIpc) is 2.67. The summed E-state index contributed by atoms with van der Waals surface area (Å²) in [6, 6.07) is 24.8. The van der Waals surface area contributed by atoms with Crippen LogP contribution in [0.5, 0.6) is 5.75 Å². The largest absolute Gasteiger partial charge is 0.488 e. The molecule has 0 aromatic heterocycles. The molecule has 25 heavy (non-hydrogen) atoms. The van der Waals surface area contributed by atoms with E-state index in [1.165, 1.54) is 16.7 Å². The van der Waals surface area contributed by atoms with Crippen molar-refractivity contribution in [3.63, 3.8) is 0 Å². The zero-order valence-corrected chi connectivity index (χ0v) is 14.5. The monoisotopic (exact) mass is 326 g/mol. The Hall–Kier alpha value is -3.06. The molecule has 0 aliphatic heterocycles. The highest BCUT2D eigenvalue weighted by molar-refractivity contribution is 5.75. The van der Waals surface area contributed by atoms with Gasteiger partial charge < -0.3 is 4.74 Å². The van der Waals surface area contributed by atoms with Gasteiger partial charge in [0.1, 0.15) is 12.4 Å². The smallest absolute Gasteiger partial charge is 0.127 e. The molecule has 0 unspecified atom stereocenters. The number of hydrogen-bond acceptors (Lipinski definition) is 1. The Morgan fingerprint density at radius 3 is 2.24 bits per heavy atom. The molecule has 0 saturated carbocycles. The molecule has 0 bridgehead atoms. The molecular weight excluding hydrogens is 304 g/mol. The first-order valence-electron chi connectivity index (χ1n) is 8.44. The van der Waals surface area contributed by atoms with E-state index in [1.807, 2.05) is 30.3 Å². The number of benzene rings is 3. The van der Waals surface area contributed by atoms with Crippen LogP contribution in [0.2, 0.25) is 0 Å². The van der Waals surface area contributed by atoms with E-state index in [0.717, 1.165) is 16.9 Å². The summed E-state index contributed by atoms with van der Waals surface area (Å²) in [6.45, 7) is 6.48. The topological polar surface area (TPSA) is 9.23 Å². The van der Waals surface area contributed by atoms with Crippen molar-refractivity contribution in [2.45, 2.75) is 13.5 Å². The first-order chi connectivity index (χ1) is 12.3. The molecule has 3 rings (SSSR count). The number of rotatable bonds is 6.